The number of sulfonamides is 1. The molecule has 1 aliphatic rings. The number of benzene rings is 1. The highest BCUT2D eigenvalue weighted by molar-refractivity contribution is 7.89. The fraction of sp³-hybridized carbons (Fsp3) is 0.545. The number of nitrogens with two attached hydrogens (primary N) is 1. The monoisotopic (exact) mass is 404 g/mol. The summed E-state index contributed by atoms with van der Waals surface area (Å²) in [6.45, 7) is 8.87. The number of hydrogen-bond donors (Lipinski definition) is 2. The van der Waals surface area contributed by atoms with Gasteiger partial charge < -0.3 is 9.67 Å². The third-order valence-electron chi connectivity index (χ3n) is 5.87. The highest BCUT2D eigenvalue weighted by Crippen LogP contribution is 2.36. The van der Waals surface area contributed by atoms with Gasteiger partial charge in [0.2, 0.25) is 10.0 Å². The van der Waals surface area contributed by atoms with E-state index in [1.165, 1.54) is 19.3 Å². The Balaban J connectivity index is 2.15. The molecule has 0 amide bonds. The summed E-state index contributed by atoms with van der Waals surface area (Å²) < 4.78 is 26.4. The molecule has 1 saturated carbocycles. The fourth-order valence-electron chi connectivity index (χ4n) is 4.20. The minimum Gasteiger partial charge on any atom is -0.508 e. The second-order valence-corrected chi connectivity index (χ2v) is 10.7. The van der Waals surface area contributed by atoms with Crippen LogP contribution in [0.15, 0.2) is 29.2 Å². The average molecular weight is 405 g/mol. The van der Waals surface area contributed by atoms with Gasteiger partial charge in [0.25, 0.3) is 0 Å². The minimum absolute atomic E-state index is 0.133. The van der Waals surface area contributed by atoms with Crippen molar-refractivity contribution in [3.8, 4) is 17.0 Å². The second kappa shape index (κ2) is 7.56. The van der Waals surface area contributed by atoms with Crippen molar-refractivity contribution in [3.05, 3.63) is 35.5 Å². The van der Waals surface area contributed by atoms with E-state index in [2.05, 4.69) is 25.3 Å². The Kier molecular flexibility index (Phi) is 5.65. The number of hydrogen-bond acceptors (Lipinski definition) is 3. The van der Waals surface area contributed by atoms with Crippen LogP contribution in [-0.2, 0) is 22.0 Å². The zero-order valence-electron chi connectivity index (χ0n) is 17.3. The van der Waals surface area contributed by atoms with Gasteiger partial charge in [-0.2, -0.15) is 0 Å². The van der Waals surface area contributed by atoms with Crippen LogP contribution in [0.3, 0.4) is 0 Å². The highest BCUT2D eigenvalue weighted by atomic mass is 32.2. The molecule has 0 saturated heterocycles. The lowest BCUT2D eigenvalue weighted by molar-refractivity contribution is 0.318. The Morgan fingerprint density at radius 3 is 2.32 bits per heavy atom. The second-order valence-electron chi connectivity index (χ2n) is 9.16. The third-order valence-corrected chi connectivity index (χ3v) is 6.90. The van der Waals surface area contributed by atoms with Crippen molar-refractivity contribution >= 4 is 10.0 Å². The molecule has 1 aliphatic carbocycles. The molecule has 28 heavy (non-hydrogen) atoms. The zero-order valence-corrected chi connectivity index (χ0v) is 18.1. The van der Waals surface area contributed by atoms with E-state index in [0.29, 0.717) is 11.6 Å². The van der Waals surface area contributed by atoms with E-state index in [-0.39, 0.29) is 16.1 Å². The lowest BCUT2D eigenvalue weighted by atomic mass is 9.85. The molecule has 154 valence electrons. The van der Waals surface area contributed by atoms with Crippen LogP contribution in [0.25, 0.3) is 11.3 Å². The quantitative estimate of drug-likeness (QED) is 0.775. The third kappa shape index (κ3) is 4.44. The van der Waals surface area contributed by atoms with Gasteiger partial charge in [-0.25, -0.2) is 13.6 Å². The first kappa shape index (κ1) is 20.9. The van der Waals surface area contributed by atoms with Gasteiger partial charge in [-0.3, -0.25) is 0 Å². The van der Waals surface area contributed by atoms with Crippen molar-refractivity contribution in [3.63, 3.8) is 0 Å². The molecule has 3 rings (SSSR count). The van der Waals surface area contributed by atoms with Crippen molar-refractivity contribution in [2.45, 2.75) is 76.7 Å². The van der Waals surface area contributed by atoms with Crippen molar-refractivity contribution in [1.82, 2.24) is 4.57 Å². The van der Waals surface area contributed by atoms with Crippen LogP contribution < -0.4 is 5.14 Å². The van der Waals surface area contributed by atoms with E-state index in [1.807, 2.05) is 13.0 Å². The molecule has 1 heterocycles. The Bertz CT molecular complexity index is 962. The Labute approximate surface area is 168 Å². The van der Waals surface area contributed by atoms with Crippen LogP contribution >= 0.6 is 0 Å². The number of nitrogens with zero attached hydrogens (tertiary/aromatic N) is 1. The van der Waals surface area contributed by atoms with E-state index >= 15 is 0 Å². The predicted octanol–water partition coefficient (Wildman–Crippen LogP) is 4.69. The van der Waals surface area contributed by atoms with Crippen LogP contribution in [0.4, 0.5) is 0 Å². The standard InChI is InChI=1S/C22H32N2O3S/c1-15-21(28(23,26)27)13-20(24(15)14-16-8-6-5-7-9-16)17-10-18(22(2,3)4)12-19(25)11-17/h10-13,16,25H,5-9,14H2,1-4H3,(H2,23,26,27). The number of phenolic OH excluding ortho intramolecular Hbond substituents is 1. The molecular formula is C22H32N2O3S. The molecule has 1 fully saturated rings. The molecule has 0 unspecified atom stereocenters. The number of aromatic nitrogens is 1. The molecule has 2 aromatic rings. The fourth-order valence-corrected chi connectivity index (χ4v) is 5.00. The summed E-state index contributed by atoms with van der Waals surface area (Å²) in [5.41, 5.74) is 3.16. The topological polar surface area (TPSA) is 85.3 Å². The van der Waals surface area contributed by atoms with Gasteiger partial charge in [-0.05, 0) is 60.9 Å². The summed E-state index contributed by atoms with van der Waals surface area (Å²) in [6, 6.07) is 7.17. The van der Waals surface area contributed by atoms with Gasteiger partial charge in [0.1, 0.15) is 10.6 Å². The minimum atomic E-state index is -3.82. The first-order valence-corrected chi connectivity index (χ1v) is 11.6. The van der Waals surface area contributed by atoms with E-state index in [9.17, 15) is 13.5 Å². The SMILES string of the molecule is Cc1c(S(N)(=O)=O)cc(-c2cc(O)cc(C(C)(C)C)c2)n1CC1CCCCC1. The summed E-state index contributed by atoms with van der Waals surface area (Å²) in [6.07, 6.45) is 6.05. The summed E-state index contributed by atoms with van der Waals surface area (Å²) in [5.74, 6) is 0.717. The predicted molar refractivity (Wildman–Crippen MR) is 113 cm³/mol. The Morgan fingerprint density at radius 1 is 1.11 bits per heavy atom. The molecule has 3 N–H and O–H groups in total. The molecule has 0 radical (unpaired) electrons. The largest absolute Gasteiger partial charge is 0.508 e. The first-order valence-electron chi connectivity index (χ1n) is 10.0. The molecule has 0 spiro atoms. The molecule has 1 aromatic heterocycles. The molecule has 5 nitrogen and oxygen atoms in total. The van der Waals surface area contributed by atoms with Crippen molar-refractivity contribution < 1.29 is 13.5 Å². The van der Waals surface area contributed by atoms with Crippen molar-refractivity contribution in [1.29, 1.82) is 0 Å². The van der Waals surface area contributed by atoms with Crippen molar-refractivity contribution in [2.24, 2.45) is 11.1 Å². The molecule has 0 atom stereocenters. The maximum atomic E-state index is 12.2. The van der Waals surface area contributed by atoms with E-state index in [4.69, 9.17) is 5.14 Å². The molecule has 1 aromatic carbocycles. The lowest BCUT2D eigenvalue weighted by Crippen LogP contribution is -2.17. The number of rotatable bonds is 4. The van der Waals surface area contributed by atoms with Crippen LogP contribution in [0.2, 0.25) is 0 Å². The number of aromatic hydroxyl groups is 1. The van der Waals surface area contributed by atoms with Crippen LogP contribution in [0.5, 0.6) is 5.75 Å². The summed E-state index contributed by atoms with van der Waals surface area (Å²) in [7, 11) is -3.82. The molecule has 0 aliphatic heterocycles. The highest BCUT2D eigenvalue weighted by Gasteiger charge is 2.24. The number of phenols is 1. The van der Waals surface area contributed by atoms with Gasteiger partial charge >= 0.3 is 0 Å². The summed E-state index contributed by atoms with van der Waals surface area (Å²) in [4.78, 5) is 0.166. The average Bonchev–Trinajstić information content (AvgIpc) is 2.91. The first-order chi connectivity index (χ1) is 13.0. The lowest BCUT2D eigenvalue weighted by Gasteiger charge is -2.25. The zero-order chi connectivity index (χ0) is 20.7. The van der Waals surface area contributed by atoms with Crippen LogP contribution in [0.1, 0.15) is 64.1 Å². The summed E-state index contributed by atoms with van der Waals surface area (Å²) in [5, 5.41) is 15.8. The smallest absolute Gasteiger partial charge is 0.239 e. The van der Waals surface area contributed by atoms with E-state index in [0.717, 1.165) is 36.2 Å². The molecule has 0 bridgehead atoms. The Hall–Kier alpha value is -1.79. The normalized spacial score (nSPS) is 16.5. The molecule has 6 heteroatoms. The van der Waals surface area contributed by atoms with E-state index in [1.54, 1.807) is 18.2 Å². The van der Waals surface area contributed by atoms with Gasteiger partial charge in [0.05, 0.1) is 0 Å². The van der Waals surface area contributed by atoms with Gasteiger partial charge in [0, 0.05) is 23.5 Å². The number of primary sulfonamides is 1. The maximum absolute atomic E-state index is 12.2. The summed E-state index contributed by atoms with van der Waals surface area (Å²) >= 11 is 0. The van der Waals surface area contributed by atoms with Crippen LogP contribution in [-0.4, -0.2) is 18.1 Å². The van der Waals surface area contributed by atoms with Gasteiger partial charge in [0.15, 0.2) is 0 Å². The van der Waals surface area contributed by atoms with Crippen LogP contribution in [0, 0.1) is 12.8 Å². The maximum Gasteiger partial charge on any atom is 0.239 e. The molecular weight excluding hydrogens is 372 g/mol. The van der Waals surface area contributed by atoms with E-state index < -0.39 is 10.0 Å². The van der Waals surface area contributed by atoms with Gasteiger partial charge in [-0.15, -0.1) is 0 Å². The van der Waals surface area contributed by atoms with Gasteiger partial charge in [-0.1, -0.05) is 40.0 Å². The Morgan fingerprint density at radius 2 is 1.75 bits per heavy atom. The van der Waals surface area contributed by atoms with Crippen molar-refractivity contribution in [2.75, 3.05) is 0 Å².